The SMILES string of the molecule is COc1nc(NC(=O)c2ccc(Oc3ccccc3)nc2)c(C(=O)OC(C)(C)C)n1-c1ccc(F)cc1. The maximum absolute atomic E-state index is 13.6. The summed E-state index contributed by atoms with van der Waals surface area (Å²) in [5, 5.41) is 2.63. The first-order chi connectivity index (χ1) is 17.6. The number of imidazole rings is 1. The van der Waals surface area contributed by atoms with Gasteiger partial charge in [-0.25, -0.2) is 14.2 Å². The van der Waals surface area contributed by atoms with Crippen molar-refractivity contribution in [1.82, 2.24) is 14.5 Å². The van der Waals surface area contributed by atoms with Gasteiger partial charge in [-0.2, -0.15) is 4.98 Å². The van der Waals surface area contributed by atoms with E-state index in [0.29, 0.717) is 17.3 Å². The molecule has 4 rings (SSSR count). The highest BCUT2D eigenvalue weighted by Gasteiger charge is 2.30. The zero-order valence-electron chi connectivity index (χ0n) is 20.7. The molecular formula is C27H25FN4O5. The monoisotopic (exact) mass is 504 g/mol. The molecule has 0 unspecified atom stereocenters. The molecule has 190 valence electrons. The molecule has 0 atom stereocenters. The van der Waals surface area contributed by atoms with Crippen LogP contribution in [0.1, 0.15) is 41.6 Å². The maximum atomic E-state index is 13.6. The Bertz CT molecular complexity index is 1400. The van der Waals surface area contributed by atoms with Crippen molar-refractivity contribution in [3.05, 3.63) is 90.0 Å². The minimum absolute atomic E-state index is 0.00694. The highest BCUT2D eigenvalue weighted by atomic mass is 19.1. The van der Waals surface area contributed by atoms with E-state index in [1.165, 1.54) is 48.2 Å². The molecule has 0 radical (unpaired) electrons. The molecule has 37 heavy (non-hydrogen) atoms. The third kappa shape index (κ3) is 6.10. The van der Waals surface area contributed by atoms with Crippen LogP contribution < -0.4 is 14.8 Å². The van der Waals surface area contributed by atoms with Gasteiger partial charge in [-0.05, 0) is 63.2 Å². The number of ether oxygens (including phenoxy) is 3. The van der Waals surface area contributed by atoms with Gasteiger partial charge in [-0.3, -0.25) is 9.36 Å². The van der Waals surface area contributed by atoms with Crippen LogP contribution in [0.25, 0.3) is 5.69 Å². The van der Waals surface area contributed by atoms with Crippen molar-refractivity contribution < 1.29 is 28.2 Å². The van der Waals surface area contributed by atoms with Gasteiger partial charge in [-0.15, -0.1) is 0 Å². The standard InChI is InChI=1S/C27H25FN4O5/c1-27(2,3)37-25(34)22-23(31-26(35-4)32(22)19-13-11-18(28)12-14-19)30-24(33)17-10-15-21(29-16-17)36-20-8-6-5-7-9-20/h5-16H,1-4H3,(H,30,33). The Labute approximate surface area is 212 Å². The van der Waals surface area contributed by atoms with Gasteiger partial charge in [0.15, 0.2) is 11.5 Å². The number of nitrogens with one attached hydrogen (secondary N) is 1. The zero-order valence-corrected chi connectivity index (χ0v) is 20.7. The van der Waals surface area contributed by atoms with Crippen LogP contribution in [0.3, 0.4) is 0 Å². The molecule has 4 aromatic rings. The number of anilines is 1. The molecule has 0 aliphatic heterocycles. The van der Waals surface area contributed by atoms with Crippen LogP contribution in [0, 0.1) is 5.82 Å². The molecule has 0 saturated carbocycles. The molecule has 1 N–H and O–H groups in total. The average Bonchev–Trinajstić information content (AvgIpc) is 3.23. The van der Waals surface area contributed by atoms with Crippen LogP contribution in [0.4, 0.5) is 10.2 Å². The van der Waals surface area contributed by atoms with E-state index in [0.717, 1.165) is 0 Å². The lowest BCUT2D eigenvalue weighted by atomic mass is 10.2. The number of nitrogens with zero attached hydrogens (tertiary/aromatic N) is 3. The molecule has 0 bridgehead atoms. The summed E-state index contributed by atoms with van der Waals surface area (Å²) in [6.07, 6.45) is 1.34. The number of aromatic nitrogens is 3. The summed E-state index contributed by atoms with van der Waals surface area (Å²) in [6.45, 7) is 5.14. The van der Waals surface area contributed by atoms with Crippen molar-refractivity contribution >= 4 is 17.7 Å². The van der Waals surface area contributed by atoms with Crippen LogP contribution in [0.15, 0.2) is 72.9 Å². The highest BCUT2D eigenvalue weighted by Crippen LogP contribution is 2.30. The number of pyridine rings is 1. The summed E-state index contributed by atoms with van der Waals surface area (Å²) in [5.41, 5.74) is -0.340. The van der Waals surface area contributed by atoms with Crippen LogP contribution >= 0.6 is 0 Å². The Balaban J connectivity index is 1.66. The van der Waals surface area contributed by atoms with Crippen LogP contribution in [-0.2, 0) is 4.74 Å². The topological polar surface area (TPSA) is 105 Å². The number of carbonyl (C=O) groups excluding carboxylic acids is 2. The smallest absolute Gasteiger partial charge is 0.359 e. The molecule has 1 amide bonds. The largest absolute Gasteiger partial charge is 0.468 e. The second kappa shape index (κ2) is 10.5. The van der Waals surface area contributed by atoms with E-state index in [1.54, 1.807) is 39.0 Å². The lowest BCUT2D eigenvalue weighted by molar-refractivity contribution is 0.00610. The molecule has 9 nitrogen and oxygen atoms in total. The Hall–Kier alpha value is -4.73. The number of hydrogen-bond acceptors (Lipinski definition) is 7. The van der Waals surface area contributed by atoms with Crippen molar-refractivity contribution in [2.75, 3.05) is 12.4 Å². The molecule has 0 spiro atoms. The van der Waals surface area contributed by atoms with Gasteiger partial charge >= 0.3 is 12.0 Å². The minimum atomic E-state index is -0.831. The molecule has 2 heterocycles. The minimum Gasteiger partial charge on any atom is -0.468 e. The second-order valence-electron chi connectivity index (χ2n) is 8.86. The Morgan fingerprint density at radius 1 is 0.973 bits per heavy atom. The maximum Gasteiger partial charge on any atom is 0.359 e. The summed E-state index contributed by atoms with van der Waals surface area (Å²) in [7, 11) is 1.36. The summed E-state index contributed by atoms with van der Waals surface area (Å²) < 4.78 is 31.5. The third-order valence-corrected chi connectivity index (χ3v) is 4.90. The van der Waals surface area contributed by atoms with Gasteiger partial charge in [0.25, 0.3) is 5.91 Å². The second-order valence-corrected chi connectivity index (χ2v) is 8.86. The van der Waals surface area contributed by atoms with E-state index in [2.05, 4.69) is 15.3 Å². The van der Waals surface area contributed by atoms with Crippen molar-refractivity contribution in [2.24, 2.45) is 0 Å². The number of amides is 1. The first-order valence-electron chi connectivity index (χ1n) is 11.3. The van der Waals surface area contributed by atoms with Gasteiger partial charge in [0, 0.05) is 12.3 Å². The summed E-state index contributed by atoms with van der Waals surface area (Å²) >= 11 is 0. The van der Waals surface area contributed by atoms with E-state index in [4.69, 9.17) is 14.2 Å². The van der Waals surface area contributed by atoms with E-state index >= 15 is 0 Å². The average molecular weight is 505 g/mol. The molecule has 2 aromatic carbocycles. The fourth-order valence-electron chi connectivity index (χ4n) is 3.33. The number of carbonyl (C=O) groups is 2. The molecular weight excluding hydrogens is 479 g/mol. The van der Waals surface area contributed by atoms with Gasteiger partial charge in [0.05, 0.1) is 18.4 Å². The fraction of sp³-hybridized carbons (Fsp3) is 0.185. The number of esters is 1. The van der Waals surface area contributed by atoms with E-state index in [9.17, 15) is 14.0 Å². The van der Waals surface area contributed by atoms with Crippen molar-refractivity contribution in [3.8, 4) is 23.3 Å². The van der Waals surface area contributed by atoms with E-state index in [1.807, 2.05) is 18.2 Å². The van der Waals surface area contributed by atoms with Crippen molar-refractivity contribution in [2.45, 2.75) is 26.4 Å². The normalized spacial score (nSPS) is 11.1. The number of rotatable bonds is 7. The van der Waals surface area contributed by atoms with E-state index < -0.39 is 23.3 Å². The van der Waals surface area contributed by atoms with Crippen LogP contribution in [0.5, 0.6) is 17.6 Å². The van der Waals surface area contributed by atoms with Crippen LogP contribution in [0.2, 0.25) is 0 Å². The summed E-state index contributed by atoms with van der Waals surface area (Å²) in [4.78, 5) is 34.7. The molecule has 0 aliphatic carbocycles. The number of methoxy groups -OCH3 is 1. The van der Waals surface area contributed by atoms with Gasteiger partial charge in [0.2, 0.25) is 5.88 Å². The fourth-order valence-corrected chi connectivity index (χ4v) is 3.33. The van der Waals surface area contributed by atoms with Crippen molar-refractivity contribution in [3.63, 3.8) is 0 Å². The lowest BCUT2D eigenvalue weighted by Gasteiger charge is -2.20. The molecule has 0 fully saturated rings. The predicted octanol–water partition coefficient (Wildman–Crippen LogP) is 5.41. The Morgan fingerprint density at radius 3 is 2.27 bits per heavy atom. The number of benzene rings is 2. The number of hydrogen-bond donors (Lipinski definition) is 1. The van der Waals surface area contributed by atoms with Gasteiger partial charge in [-0.1, -0.05) is 18.2 Å². The third-order valence-electron chi connectivity index (χ3n) is 4.90. The Morgan fingerprint density at radius 2 is 1.68 bits per heavy atom. The Kier molecular flexibility index (Phi) is 7.19. The molecule has 0 saturated heterocycles. The van der Waals surface area contributed by atoms with Gasteiger partial charge in [0.1, 0.15) is 17.2 Å². The number of para-hydroxylation sites is 1. The first kappa shape index (κ1) is 25.4. The molecule has 10 heteroatoms. The quantitative estimate of drug-likeness (QED) is 0.335. The first-order valence-corrected chi connectivity index (χ1v) is 11.3. The van der Waals surface area contributed by atoms with Gasteiger partial charge < -0.3 is 19.5 Å². The number of halogens is 1. The van der Waals surface area contributed by atoms with Crippen molar-refractivity contribution in [1.29, 1.82) is 0 Å². The molecule has 2 aromatic heterocycles. The zero-order chi connectivity index (χ0) is 26.6. The summed E-state index contributed by atoms with van der Waals surface area (Å²) in [5.74, 6) is -0.970. The molecule has 0 aliphatic rings. The predicted molar refractivity (Wildman–Crippen MR) is 134 cm³/mol. The summed E-state index contributed by atoms with van der Waals surface area (Å²) in [6, 6.07) is 17.5. The lowest BCUT2D eigenvalue weighted by Crippen LogP contribution is -2.26. The van der Waals surface area contributed by atoms with Crippen LogP contribution in [-0.4, -0.2) is 39.1 Å². The highest BCUT2D eigenvalue weighted by molar-refractivity contribution is 6.07. The van der Waals surface area contributed by atoms with E-state index in [-0.39, 0.29) is 23.1 Å².